The minimum absolute atomic E-state index is 0.678. The number of hydrogen-bond acceptors (Lipinski definition) is 1. The van der Waals surface area contributed by atoms with Crippen LogP contribution >= 0.6 is 0 Å². The molecule has 0 N–H and O–H groups in total. The van der Waals surface area contributed by atoms with E-state index < -0.39 is 47.3 Å². The van der Waals surface area contributed by atoms with Gasteiger partial charge in [0.05, 0.1) is 0 Å². The molecule has 2 unspecified atom stereocenters. The van der Waals surface area contributed by atoms with Gasteiger partial charge in [-0.05, 0) is 35.4 Å². The Labute approximate surface area is 136 Å². The highest BCUT2D eigenvalue weighted by atomic mass is 19.4. The third-order valence-corrected chi connectivity index (χ3v) is 3.21. The maximum Gasteiger partial charge on any atom is 0.418 e. The lowest BCUT2D eigenvalue weighted by molar-refractivity contribution is -0.292. The molecule has 0 saturated carbocycles. The second-order valence-electron chi connectivity index (χ2n) is 5.08. The van der Waals surface area contributed by atoms with E-state index in [0.717, 1.165) is 0 Å². The van der Waals surface area contributed by atoms with E-state index in [2.05, 4.69) is 4.74 Å². The van der Waals surface area contributed by atoms with Gasteiger partial charge < -0.3 is 4.74 Å². The van der Waals surface area contributed by atoms with Crippen molar-refractivity contribution in [1.82, 2.24) is 0 Å². The Hall–Kier alpha value is -2.16. The quantitative estimate of drug-likeness (QED) is 0.610. The molecule has 0 bridgehead atoms. The zero-order valence-electron chi connectivity index (χ0n) is 12.2. The van der Waals surface area contributed by atoms with E-state index in [1.807, 2.05) is 0 Å². The molecule has 0 aromatic heterocycles. The summed E-state index contributed by atoms with van der Waals surface area (Å²) in [6.07, 6.45) is -16.2. The zero-order chi connectivity index (χ0) is 18.8. The van der Waals surface area contributed by atoms with Gasteiger partial charge >= 0.3 is 12.4 Å². The van der Waals surface area contributed by atoms with Crippen LogP contribution in [0.4, 0.5) is 35.1 Å². The fraction of sp³-hybridized carbons (Fsp3) is 0.250. The minimum atomic E-state index is -5.18. The van der Waals surface area contributed by atoms with E-state index in [0.29, 0.717) is 48.5 Å². The molecular weight excluding hydrogens is 360 g/mol. The smallest absolute Gasteiger partial charge is 0.347 e. The molecule has 1 nitrogen and oxygen atoms in total. The number of halogens is 8. The molecule has 9 heteroatoms. The van der Waals surface area contributed by atoms with Crippen molar-refractivity contribution in [2.75, 3.05) is 0 Å². The van der Waals surface area contributed by atoms with Gasteiger partial charge in [-0.2, -0.15) is 26.3 Å². The normalized spacial score (nSPS) is 15.0. The van der Waals surface area contributed by atoms with Crippen LogP contribution in [0.3, 0.4) is 0 Å². The molecule has 0 saturated heterocycles. The molecule has 2 aromatic carbocycles. The monoisotopic (exact) mass is 370 g/mol. The number of ether oxygens (including phenoxy) is 1. The van der Waals surface area contributed by atoms with Crippen molar-refractivity contribution in [3.63, 3.8) is 0 Å². The summed E-state index contributed by atoms with van der Waals surface area (Å²) in [5.74, 6) is -1.70. The standard InChI is InChI=1S/C16H10F8O/c17-11-5-1-9(2-6-11)13(15(19,20)21)25-14(16(22,23)24)10-3-7-12(18)8-4-10/h1-8,13-14H. The van der Waals surface area contributed by atoms with Gasteiger partial charge in [-0.15, -0.1) is 0 Å². The minimum Gasteiger partial charge on any atom is -0.347 e. The molecule has 0 aliphatic rings. The maximum atomic E-state index is 13.2. The third kappa shape index (κ3) is 4.91. The van der Waals surface area contributed by atoms with Crippen molar-refractivity contribution in [3.05, 3.63) is 71.3 Å². The molecule has 0 heterocycles. The largest absolute Gasteiger partial charge is 0.418 e. The molecule has 0 radical (unpaired) electrons. The zero-order valence-corrected chi connectivity index (χ0v) is 12.2. The van der Waals surface area contributed by atoms with Crippen LogP contribution in [0.1, 0.15) is 23.3 Å². The Bertz CT molecular complexity index is 627. The summed E-state index contributed by atoms with van der Waals surface area (Å²) >= 11 is 0. The fourth-order valence-electron chi connectivity index (χ4n) is 2.10. The Kier molecular flexibility index (Phi) is 5.36. The average Bonchev–Trinajstić information content (AvgIpc) is 2.48. The second-order valence-corrected chi connectivity index (χ2v) is 5.08. The molecule has 2 aromatic rings. The van der Waals surface area contributed by atoms with E-state index in [1.165, 1.54) is 0 Å². The maximum absolute atomic E-state index is 13.2. The van der Waals surface area contributed by atoms with Crippen LogP contribution in [-0.2, 0) is 4.74 Å². The summed E-state index contributed by atoms with van der Waals surface area (Å²) in [6, 6.07) is 5.46. The van der Waals surface area contributed by atoms with Crippen molar-refractivity contribution in [3.8, 4) is 0 Å². The van der Waals surface area contributed by atoms with Crippen LogP contribution in [-0.4, -0.2) is 12.4 Å². The Morgan fingerprint density at radius 3 is 1.08 bits per heavy atom. The van der Waals surface area contributed by atoms with Crippen LogP contribution in [0, 0.1) is 11.6 Å². The number of benzene rings is 2. The van der Waals surface area contributed by atoms with Gasteiger partial charge in [0.25, 0.3) is 0 Å². The lowest BCUT2D eigenvalue weighted by Gasteiger charge is -2.28. The summed E-state index contributed by atoms with van der Waals surface area (Å²) in [6.45, 7) is 0. The van der Waals surface area contributed by atoms with Gasteiger partial charge in [-0.25, -0.2) is 8.78 Å². The predicted octanol–water partition coefficient (Wildman–Crippen LogP) is 5.89. The highest BCUT2D eigenvalue weighted by Crippen LogP contribution is 2.44. The Morgan fingerprint density at radius 1 is 0.560 bits per heavy atom. The van der Waals surface area contributed by atoms with Crippen molar-refractivity contribution in [2.24, 2.45) is 0 Å². The van der Waals surface area contributed by atoms with Gasteiger partial charge in [-0.3, -0.25) is 0 Å². The predicted molar refractivity (Wildman–Crippen MR) is 71.5 cm³/mol. The van der Waals surface area contributed by atoms with Gasteiger partial charge in [0, 0.05) is 0 Å². The molecule has 2 rings (SSSR count). The SMILES string of the molecule is Fc1ccc(C(OC(c2ccc(F)cc2)C(F)(F)F)C(F)(F)F)cc1. The van der Waals surface area contributed by atoms with Crippen molar-refractivity contribution >= 4 is 0 Å². The first kappa shape index (κ1) is 19.2. The highest BCUT2D eigenvalue weighted by Gasteiger charge is 2.50. The Morgan fingerprint density at radius 2 is 0.840 bits per heavy atom. The first-order valence-electron chi connectivity index (χ1n) is 6.78. The second kappa shape index (κ2) is 6.99. The number of hydrogen-bond donors (Lipinski definition) is 0. The van der Waals surface area contributed by atoms with Gasteiger partial charge in [0.15, 0.2) is 12.2 Å². The van der Waals surface area contributed by atoms with E-state index in [4.69, 9.17) is 0 Å². The van der Waals surface area contributed by atoms with E-state index in [9.17, 15) is 35.1 Å². The summed E-state index contributed by atoms with van der Waals surface area (Å²) in [4.78, 5) is 0. The highest BCUT2D eigenvalue weighted by molar-refractivity contribution is 5.23. The summed E-state index contributed by atoms with van der Waals surface area (Å²) in [7, 11) is 0. The molecule has 136 valence electrons. The first-order valence-corrected chi connectivity index (χ1v) is 6.78. The van der Waals surface area contributed by atoms with Crippen molar-refractivity contribution in [1.29, 1.82) is 0 Å². The lowest BCUT2D eigenvalue weighted by Crippen LogP contribution is -2.31. The van der Waals surface area contributed by atoms with E-state index in [1.54, 1.807) is 0 Å². The molecule has 25 heavy (non-hydrogen) atoms. The molecule has 0 spiro atoms. The van der Waals surface area contributed by atoms with Gasteiger partial charge in [0.1, 0.15) is 11.6 Å². The number of rotatable bonds is 4. The Balaban J connectivity index is 2.42. The van der Waals surface area contributed by atoms with Crippen LogP contribution in [0.5, 0.6) is 0 Å². The van der Waals surface area contributed by atoms with E-state index in [-0.39, 0.29) is 0 Å². The molecule has 0 aliphatic heterocycles. The van der Waals surface area contributed by atoms with Crippen LogP contribution in [0.25, 0.3) is 0 Å². The third-order valence-electron chi connectivity index (χ3n) is 3.21. The van der Waals surface area contributed by atoms with E-state index >= 15 is 0 Å². The summed E-state index contributed by atoms with van der Waals surface area (Å²) < 4.78 is 109. The van der Waals surface area contributed by atoms with Gasteiger partial charge in [-0.1, -0.05) is 24.3 Å². The average molecular weight is 370 g/mol. The van der Waals surface area contributed by atoms with Crippen molar-refractivity contribution in [2.45, 2.75) is 24.6 Å². The first-order chi connectivity index (χ1) is 11.5. The molecule has 0 amide bonds. The van der Waals surface area contributed by atoms with Crippen LogP contribution in [0.15, 0.2) is 48.5 Å². The molecular formula is C16H10F8O. The summed E-state index contributed by atoms with van der Waals surface area (Å²) in [5, 5.41) is 0. The summed E-state index contributed by atoms with van der Waals surface area (Å²) in [5.41, 5.74) is -1.38. The van der Waals surface area contributed by atoms with Crippen LogP contribution in [0.2, 0.25) is 0 Å². The van der Waals surface area contributed by atoms with Crippen molar-refractivity contribution < 1.29 is 39.9 Å². The number of alkyl halides is 6. The molecule has 0 aliphatic carbocycles. The topological polar surface area (TPSA) is 9.23 Å². The van der Waals surface area contributed by atoms with Gasteiger partial charge in [0.2, 0.25) is 0 Å². The lowest BCUT2D eigenvalue weighted by atomic mass is 10.1. The molecule has 2 atom stereocenters. The fourth-order valence-corrected chi connectivity index (χ4v) is 2.10. The van der Waals surface area contributed by atoms with Crippen LogP contribution < -0.4 is 0 Å². The molecule has 0 fully saturated rings.